The molecule has 0 unspecified atom stereocenters. The summed E-state index contributed by atoms with van der Waals surface area (Å²) in [6, 6.07) is 4.16. The van der Waals surface area contributed by atoms with Gasteiger partial charge in [-0.05, 0) is 71.6 Å². The first kappa shape index (κ1) is 21.4. The number of pyridine rings is 1. The fourth-order valence-corrected chi connectivity index (χ4v) is 2.68. The average molecular weight is 341 g/mol. The number of hydrogen-bond acceptors (Lipinski definition) is 2. The Kier molecular flexibility index (Phi) is 10.8. The molecule has 2 nitrogen and oxygen atoms in total. The van der Waals surface area contributed by atoms with Crippen molar-refractivity contribution in [3.8, 4) is 0 Å². The molecule has 0 saturated heterocycles. The van der Waals surface area contributed by atoms with Crippen molar-refractivity contribution < 1.29 is 0 Å². The Morgan fingerprint density at radius 1 is 1.00 bits per heavy atom. The van der Waals surface area contributed by atoms with Crippen molar-refractivity contribution in [3.05, 3.63) is 65.0 Å². The summed E-state index contributed by atoms with van der Waals surface area (Å²) in [6.45, 7) is 14.1. The molecule has 0 radical (unpaired) electrons. The SMILES string of the molecule is CCN(C/C=C(\C)CC/C=C(\C)CCC=C(C)C)Cc1cccnc1. The van der Waals surface area contributed by atoms with Crippen molar-refractivity contribution in [2.45, 2.75) is 66.8 Å². The molecule has 0 fully saturated rings. The first-order valence-corrected chi connectivity index (χ1v) is 9.57. The van der Waals surface area contributed by atoms with Crippen LogP contribution in [0, 0.1) is 0 Å². The maximum Gasteiger partial charge on any atom is 0.0312 e. The molecule has 0 aliphatic rings. The summed E-state index contributed by atoms with van der Waals surface area (Å²) in [6.07, 6.45) is 15.6. The summed E-state index contributed by atoms with van der Waals surface area (Å²) in [5.74, 6) is 0. The smallest absolute Gasteiger partial charge is 0.0312 e. The molecule has 0 atom stereocenters. The Balaban J connectivity index is 2.35. The summed E-state index contributed by atoms with van der Waals surface area (Å²) in [5, 5.41) is 0. The van der Waals surface area contributed by atoms with Gasteiger partial charge in [0.1, 0.15) is 0 Å². The molecule has 0 aromatic carbocycles. The van der Waals surface area contributed by atoms with Crippen molar-refractivity contribution in [2.75, 3.05) is 13.1 Å². The van der Waals surface area contributed by atoms with Crippen LogP contribution in [0.1, 0.15) is 65.9 Å². The summed E-state index contributed by atoms with van der Waals surface area (Å²) in [4.78, 5) is 6.65. The zero-order chi connectivity index (χ0) is 18.5. The van der Waals surface area contributed by atoms with Crippen molar-refractivity contribution in [2.24, 2.45) is 0 Å². The van der Waals surface area contributed by atoms with Crippen molar-refractivity contribution in [3.63, 3.8) is 0 Å². The van der Waals surface area contributed by atoms with Gasteiger partial charge in [-0.3, -0.25) is 9.88 Å². The molecule has 25 heavy (non-hydrogen) atoms. The Morgan fingerprint density at radius 2 is 1.68 bits per heavy atom. The van der Waals surface area contributed by atoms with Crippen LogP contribution < -0.4 is 0 Å². The molecule has 1 aromatic rings. The molecule has 1 aromatic heterocycles. The van der Waals surface area contributed by atoms with Crippen molar-refractivity contribution >= 4 is 0 Å². The predicted molar refractivity (Wildman–Crippen MR) is 111 cm³/mol. The Hall–Kier alpha value is -1.67. The summed E-state index contributed by atoms with van der Waals surface area (Å²) >= 11 is 0. The molecule has 2 heteroatoms. The van der Waals surface area contributed by atoms with Gasteiger partial charge in [0.25, 0.3) is 0 Å². The number of allylic oxidation sites excluding steroid dienone is 5. The lowest BCUT2D eigenvalue weighted by Crippen LogP contribution is -2.23. The van der Waals surface area contributed by atoms with Gasteiger partial charge in [-0.1, -0.05) is 47.9 Å². The molecule has 1 rings (SSSR count). The first-order valence-electron chi connectivity index (χ1n) is 9.57. The van der Waals surface area contributed by atoms with E-state index in [1.807, 2.05) is 18.5 Å². The van der Waals surface area contributed by atoms with Gasteiger partial charge in [0.2, 0.25) is 0 Å². The Morgan fingerprint density at radius 3 is 2.28 bits per heavy atom. The fourth-order valence-electron chi connectivity index (χ4n) is 2.68. The van der Waals surface area contributed by atoms with Gasteiger partial charge >= 0.3 is 0 Å². The highest BCUT2D eigenvalue weighted by atomic mass is 15.1. The molecule has 0 aliphatic carbocycles. The number of likely N-dealkylation sites (N-methyl/N-ethyl adjacent to an activating group) is 1. The highest BCUT2D eigenvalue weighted by Crippen LogP contribution is 2.12. The van der Waals surface area contributed by atoms with Crippen LogP contribution in [0.4, 0.5) is 0 Å². The van der Waals surface area contributed by atoms with E-state index in [4.69, 9.17) is 0 Å². The second-order valence-electron chi connectivity index (χ2n) is 7.15. The van der Waals surface area contributed by atoms with Gasteiger partial charge in [-0.2, -0.15) is 0 Å². The maximum atomic E-state index is 4.20. The lowest BCUT2D eigenvalue weighted by Gasteiger charge is -2.18. The maximum absolute atomic E-state index is 4.20. The molecule has 0 spiro atoms. The fraction of sp³-hybridized carbons (Fsp3) is 0.522. The average Bonchev–Trinajstić information content (AvgIpc) is 2.59. The summed E-state index contributed by atoms with van der Waals surface area (Å²) in [7, 11) is 0. The second-order valence-corrected chi connectivity index (χ2v) is 7.15. The van der Waals surface area contributed by atoms with E-state index in [1.54, 1.807) is 0 Å². The van der Waals surface area contributed by atoms with Gasteiger partial charge in [0.15, 0.2) is 0 Å². The minimum absolute atomic E-state index is 0.970. The monoisotopic (exact) mass is 340 g/mol. The van der Waals surface area contributed by atoms with Crippen LogP contribution in [0.3, 0.4) is 0 Å². The molecule has 0 N–H and O–H groups in total. The van der Waals surface area contributed by atoms with Crippen molar-refractivity contribution in [1.82, 2.24) is 9.88 Å². The lowest BCUT2D eigenvalue weighted by molar-refractivity contribution is 0.310. The van der Waals surface area contributed by atoms with Crippen LogP contribution in [-0.4, -0.2) is 23.0 Å². The van der Waals surface area contributed by atoms with Crippen LogP contribution in [0.15, 0.2) is 59.5 Å². The molecule has 0 bridgehead atoms. The topological polar surface area (TPSA) is 16.1 Å². The minimum Gasteiger partial charge on any atom is -0.296 e. The quantitative estimate of drug-likeness (QED) is 0.438. The van der Waals surface area contributed by atoms with E-state index in [2.05, 4.69) is 68.8 Å². The molecule has 0 saturated carbocycles. The molecule has 0 aliphatic heterocycles. The molecular formula is C23H36N2. The predicted octanol–water partition coefficient (Wildman–Crippen LogP) is 6.32. The Labute approximate surface area is 155 Å². The summed E-state index contributed by atoms with van der Waals surface area (Å²) < 4.78 is 0. The van der Waals surface area contributed by atoms with Crippen LogP contribution >= 0.6 is 0 Å². The van der Waals surface area contributed by atoms with Crippen LogP contribution in [0.2, 0.25) is 0 Å². The van der Waals surface area contributed by atoms with E-state index in [0.717, 1.165) is 32.5 Å². The molecular weight excluding hydrogens is 304 g/mol. The number of rotatable bonds is 11. The van der Waals surface area contributed by atoms with Gasteiger partial charge in [-0.25, -0.2) is 0 Å². The normalized spacial score (nSPS) is 12.6. The third-order valence-electron chi connectivity index (χ3n) is 4.40. The first-order chi connectivity index (χ1) is 12.0. The number of aromatic nitrogens is 1. The number of nitrogens with zero attached hydrogens (tertiary/aromatic N) is 2. The zero-order valence-corrected chi connectivity index (χ0v) is 16.9. The minimum atomic E-state index is 0.970. The zero-order valence-electron chi connectivity index (χ0n) is 16.9. The lowest BCUT2D eigenvalue weighted by atomic mass is 10.1. The van der Waals surface area contributed by atoms with Gasteiger partial charge in [-0.15, -0.1) is 0 Å². The van der Waals surface area contributed by atoms with E-state index in [-0.39, 0.29) is 0 Å². The Bertz CT molecular complexity index is 563. The van der Waals surface area contributed by atoms with Gasteiger partial charge in [0, 0.05) is 25.5 Å². The number of hydrogen-bond donors (Lipinski definition) is 0. The third kappa shape index (κ3) is 10.7. The van der Waals surface area contributed by atoms with E-state index >= 15 is 0 Å². The molecule has 1 heterocycles. The molecule has 138 valence electrons. The van der Waals surface area contributed by atoms with Crippen LogP contribution in [0.25, 0.3) is 0 Å². The summed E-state index contributed by atoms with van der Waals surface area (Å²) in [5.41, 5.74) is 5.69. The standard InChI is InChI=1S/C23H36N2/c1-6-25(19-23-14-9-16-24-18-23)17-15-22(5)13-8-12-21(4)11-7-10-20(2)3/h9-10,12,14-16,18H,6-8,11,13,17,19H2,1-5H3/b21-12+,22-15+. The van der Waals surface area contributed by atoms with E-state index < -0.39 is 0 Å². The molecule has 0 amide bonds. The van der Waals surface area contributed by atoms with E-state index in [0.29, 0.717) is 0 Å². The van der Waals surface area contributed by atoms with Crippen molar-refractivity contribution in [1.29, 1.82) is 0 Å². The largest absolute Gasteiger partial charge is 0.296 e. The van der Waals surface area contributed by atoms with Crippen LogP contribution in [0.5, 0.6) is 0 Å². The second kappa shape index (κ2) is 12.7. The van der Waals surface area contributed by atoms with Crippen LogP contribution in [-0.2, 0) is 6.54 Å². The van der Waals surface area contributed by atoms with Gasteiger partial charge in [0.05, 0.1) is 0 Å². The highest BCUT2D eigenvalue weighted by molar-refractivity contribution is 5.09. The van der Waals surface area contributed by atoms with Gasteiger partial charge < -0.3 is 0 Å². The highest BCUT2D eigenvalue weighted by Gasteiger charge is 2.02. The van der Waals surface area contributed by atoms with E-state index in [9.17, 15) is 0 Å². The third-order valence-corrected chi connectivity index (χ3v) is 4.40. The van der Waals surface area contributed by atoms with E-state index in [1.165, 1.54) is 35.1 Å².